The third-order valence-electron chi connectivity index (χ3n) is 6.98. The highest BCUT2D eigenvalue weighted by atomic mass is 16.3. The van der Waals surface area contributed by atoms with E-state index < -0.39 is 0 Å². The summed E-state index contributed by atoms with van der Waals surface area (Å²) in [4.78, 5) is 4.91. The summed E-state index contributed by atoms with van der Waals surface area (Å²) in [7, 11) is 0. The van der Waals surface area contributed by atoms with Crippen molar-refractivity contribution in [2.24, 2.45) is 5.92 Å². The molecule has 0 unspecified atom stereocenters. The summed E-state index contributed by atoms with van der Waals surface area (Å²) < 4.78 is 6.51. The van der Waals surface area contributed by atoms with Crippen LogP contribution in [-0.4, -0.2) is 4.98 Å². The number of benzene rings is 3. The Hall–Kier alpha value is -3.13. The van der Waals surface area contributed by atoms with Gasteiger partial charge in [0.1, 0.15) is 11.2 Å². The van der Waals surface area contributed by atoms with Crippen LogP contribution in [0.15, 0.2) is 59.1 Å². The van der Waals surface area contributed by atoms with Crippen LogP contribution in [-0.2, 0) is 11.8 Å². The van der Waals surface area contributed by atoms with Gasteiger partial charge in [0.05, 0.1) is 11.1 Å². The molecule has 31 heavy (non-hydrogen) atoms. The smallest absolute Gasteiger partial charge is 0.139 e. The molecule has 154 valence electrons. The third-order valence-corrected chi connectivity index (χ3v) is 6.98. The van der Waals surface area contributed by atoms with Gasteiger partial charge in [0, 0.05) is 22.6 Å². The van der Waals surface area contributed by atoms with E-state index >= 15 is 0 Å². The van der Waals surface area contributed by atoms with Crippen molar-refractivity contribution >= 4 is 32.7 Å². The fourth-order valence-corrected chi connectivity index (χ4v) is 5.47. The minimum atomic E-state index is -0.167. The molecule has 2 aromatic heterocycles. The molecule has 2 heteroatoms. The average molecular weight is 406 g/mol. The molecule has 0 spiro atoms. The number of aryl methyl sites for hydroxylation is 1. The normalized spacial score (nSPS) is 14.6. The standard InChI is InChI=1S/C29H27NO/c1-16(2)12-19-8-9-22-25-26-24(31-28(19)25)10-11-30-27(26)21-14-18-7-6-17(3)13-20(18)15-23(21)29(22,4)5/h6-11,13-16H,12H2,1-5H3. The van der Waals surface area contributed by atoms with E-state index in [-0.39, 0.29) is 5.41 Å². The third kappa shape index (κ3) is 2.54. The number of rotatable bonds is 2. The Morgan fingerprint density at radius 3 is 2.55 bits per heavy atom. The van der Waals surface area contributed by atoms with Crippen molar-refractivity contribution in [3.63, 3.8) is 0 Å². The van der Waals surface area contributed by atoms with Gasteiger partial charge in [-0.3, -0.25) is 4.98 Å². The van der Waals surface area contributed by atoms with Gasteiger partial charge in [-0.15, -0.1) is 0 Å². The molecule has 6 rings (SSSR count). The minimum Gasteiger partial charge on any atom is -0.456 e. The predicted molar refractivity (Wildman–Crippen MR) is 130 cm³/mol. The van der Waals surface area contributed by atoms with E-state index in [4.69, 9.17) is 9.40 Å². The molecular formula is C29H27NO. The van der Waals surface area contributed by atoms with Crippen LogP contribution in [0.3, 0.4) is 0 Å². The maximum atomic E-state index is 6.51. The first-order chi connectivity index (χ1) is 14.8. The lowest BCUT2D eigenvalue weighted by molar-refractivity contribution is 0.618. The topological polar surface area (TPSA) is 26.0 Å². The first-order valence-corrected chi connectivity index (χ1v) is 11.2. The monoisotopic (exact) mass is 405 g/mol. The molecular weight excluding hydrogens is 378 g/mol. The van der Waals surface area contributed by atoms with Gasteiger partial charge in [0.15, 0.2) is 0 Å². The lowest BCUT2D eigenvalue weighted by atomic mass is 9.75. The van der Waals surface area contributed by atoms with E-state index in [1.54, 1.807) is 0 Å². The number of fused-ring (bicyclic) bond motifs is 3. The maximum Gasteiger partial charge on any atom is 0.139 e. The highest BCUT2D eigenvalue weighted by Crippen LogP contribution is 2.50. The van der Waals surface area contributed by atoms with Crippen LogP contribution in [0.5, 0.6) is 0 Å². The van der Waals surface area contributed by atoms with Crippen molar-refractivity contribution in [1.29, 1.82) is 0 Å². The zero-order valence-corrected chi connectivity index (χ0v) is 18.8. The fraction of sp³-hybridized carbons (Fsp3) is 0.276. The molecule has 0 saturated carbocycles. The van der Waals surface area contributed by atoms with Crippen LogP contribution in [0.4, 0.5) is 0 Å². The number of aromatic nitrogens is 1. The highest BCUT2D eigenvalue weighted by molar-refractivity contribution is 6.16. The lowest BCUT2D eigenvalue weighted by Gasteiger charge is -2.28. The molecule has 0 N–H and O–H groups in total. The molecule has 0 radical (unpaired) electrons. The van der Waals surface area contributed by atoms with Crippen LogP contribution < -0.4 is 0 Å². The molecule has 3 aromatic carbocycles. The molecule has 0 aliphatic heterocycles. The maximum absolute atomic E-state index is 6.51. The van der Waals surface area contributed by atoms with E-state index in [1.165, 1.54) is 44.0 Å². The summed E-state index contributed by atoms with van der Waals surface area (Å²) in [5.41, 5.74) is 9.31. The molecule has 1 aliphatic rings. The van der Waals surface area contributed by atoms with Crippen molar-refractivity contribution in [3.05, 3.63) is 77.0 Å². The quantitative estimate of drug-likeness (QED) is 0.298. The molecule has 0 amide bonds. The molecule has 0 atom stereocenters. The number of hydrogen-bond acceptors (Lipinski definition) is 2. The Morgan fingerprint density at radius 2 is 1.74 bits per heavy atom. The van der Waals surface area contributed by atoms with Crippen molar-refractivity contribution in [2.45, 2.75) is 46.5 Å². The van der Waals surface area contributed by atoms with Gasteiger partial charge in [-0.1, -0.05) is 63.6 Å². The molecule has 0 fully saturated rings. The van der Waals surface area contributed by atoms with Crippen molar-refractivity contribution in [2.75, 3.05) is 0 Å². The Morgan fingerprint density at radius 1 is 0.903 bits per heavy atom. The van der Waals surface area contributed by atoms with Gasteiger partial charge in [-0.2, -0.15) is 0 Å². The van der Waals surface area contributed by atoms with Gasteiger partial charge in [0.2, 0.25) is 0 Å². The van der Waals surface area contributed by atoms with E-state index in [0.29, 0.717) is 5.92 Å². The lowest BCUT2D eigenvalue weighted by Crippen LogP contribution is -2.20. The number of furan rings is 1. The molecule has 5 aromatic rings. The molecule has 0 saturated heterocycles. The van der Waals surface area contributed by atoms with E-state index in [0.717, 1.165) is 28.7 Å². The minimum absolute atomic E-state index is 0.167. The molecule has 0 bridgehead atoms. The average Bonchev–Trinajstić information content (AvgIpc) is 3.09. The zero-order valence-electron chi connectivity index (χ0n) is 18.8. The summed E-state index contributed by atoms with van der Waals surface area (Å²) in [6.07, 6.45) is 2.90. The molecule has 2 nitrogen and oxygen atoms in total. The van der Waals surface area contributed by atoms with Crippen LogP contribution in [0.2, 0.25) is 0 Å². The van der Waals surface area contributed by atoms with Crippen LogP contribution in [0, 0.1) is 12.8 Å². The Bertz CT molecular complexity index is 1520. The SMILES string of the molecule is Cc1ccc2cc3c(cc2c1)C(C)(C)c1ccc(CC(C)C)c2oc4ccnc-3c4c12. The number of hydrogen-bond donors (Lipinski definition) is 0. The van der Waals surface area contributed by atoms with Crippen molar-refractivity contribution in [3.8, 4) is 11.3 Å². The van der Waals surface area contributed by atoms with Crippen LogP contribution in [0.1, 0.15) is 49.9 Å². The van der Waals surface area contributed by atoms with Crippen molar-refractivity contribution < 1.29 is 4.42 Å². The van der Waals surface area contributed by atoms with E-state index in [9.17, 15) is 0 Å². The second kappa shape index (κ2) is 6.20. The summed E-state index contributed by atoms with van der Waals surface area (Å²) in [6, 6.07) is 18.0. The fourth-order valence-electron chi connectivity index (χ4n) is 5.47. The van der Waals surface area contributed by atoms with E-state index in [2.05, 4.69) is 77.1 Å². The van der Waals surface area contributed by atoms with Gasteiger partial charge >= 0.3 is 0 Å². The summed E-state index contributed by atoms with van der Waals surface area (Å²) in [5, 5.41) is 4.96. The summed E-state index contributed by atoms with van der Waals surface area (Å²) >= 11 is 0. The van der Waals surface area contributed by atoms with Gasteiger partial charge in [-0.05, 0) is 64.9 Å². The number of pyridine rings is 1. The van der Waals surface area contributed by atoms with Gasteiger partial charge < -0.3 is 4.42 Å². The zero-order chi connectivity index (χ0) is 21.5. The van der Waals surface area contributed by atoms with Gasteiger partial charge in [-0.25, -0.2) is 0 Å². The Kier molecular flexibility index (Phi) is 3.72. The number of nitrogens with zero attached hydrogens (tertiary/aromatic N) is 1. The summed E-state index contributed by atoms with van der Waals surface area (Å²) in [6.45, 7) is 11.4. The largest absolute Gasteiger partial charge is 0.456 e. The van der Waals surface area contributed by atoms with Crippen LogP contribution in [0.25, 0.3) is 44.0 Å². The second-order valence-electron chi connectivity index (χ2n) is 10.1. The Labute approximate surface area is 182 Å². The van der Waals surface area contributed by atoms with Crippen molar-refractivity contribution in [1.82, 2.24) is 4.98 Å². The first kappa shape index (κ1) is 18.6. The second-order valence-corrected chi connectivity index (χ2v) is 10.1. The van der Waals surface area contributed by atoms with E-state index in [1.807, 2.05) is 12.3 Å². The molecule has 1 aliphatic carbocycles. The Balaban J connectivity index is 1.81. The van der Waals surface area contributed by atoms with Gasteiger partial charge in [0.25, 0.3) is 0 Å². The predicted octanol–water partition coefficient (Wildman–Crippen LogP) is 7.95. The van der Waals surface area contributed by atoms with Crippen LogP contribution >= 0.6 is 0 Å². The first-order valence-electron chi connectivity index (χ1n) is 11.2. The summed E-state index contributed by atoms with van der Waals surface area (Å²) in [5.74, 6) is 0.573. The molecule has 2 heterocycles. The highest BCUT2D eigenvalue weighted by Gasteiger charge is 2.35.